The van der Waals surface area contributed by atoms with Gasteiger partial charge in [-0.25, -0.2) is 0 Å². The Bertz CT molecular complexity index is 373. The van der Waals surface area contributed by atoms with E-state index in [0.717, 1.165) is 24.5 Å². The highest BCUT2D eigenvalue weighted by Crippen LogP contribution is 2.29. The van der Waals surface area contributed by atoms with E-state index < -0.39 is 0 Å². The molecule has 1 saturated carbocycles. The number of alkyl halides is 1. The molecule has 1 aliphatic rings. The molecular formula is C15H22BrN. The van der Waals surface area contributed by atoms with Crippen molar-refractivity contribution in [1.29, 1.82) is 0 Å². The van der Waals surface area contributed by atoms with Gasteiger partial charge in [0.1, 0.15) is 0 Å². The molecule has 0 N–H and O–H groups in total. The van der Waals surface area contributed by atoms with Crippen LogP contribution >= 0.6 is 15.9 Å². The van der Waals surface area contributed by atoms with E-state index in [1.807, 2.05) is 0 Å². The smallest absolute Gasteiger partial charge is 0.0242 e. The average Bonchev–Trinajstić information content (AvgIpc) is 3.05. The van der Waals surface area contributed by atoms with E-state index in [4.69, 9.17) is 0 Å². The van der Waals surface area contributed by atoms with Crippen molar-refractivity contribution >= 4 is 15.9 Å². The number of rotatable bonds is 5. The van der Waals surface area contributed by atoms with Gasteiger partial charge in [-0.05, 0) is 50.3 Å². The third kappa shape index (κ3) is 3.32. The molecule has 0 atom stereocenters. The molecule has 0 unspecified atom stereocenters. The Morgan fingerprint density at radius 1 is 1.18 bits per heavy atom. The Hall–Kier alpha value is -0.340. The summed E-state index contributed by atoms with van der Waals surface area (Å²) in [6, 6.07) is 5.45. The molecule has 0 heterocycles. The lowest BCUT2D eigenvalue weighted by Gasteiger charge is -2.23. The monoisotopic (exact) mass is 295 g/mol. The van der Waals surface area contributed by atoms with Crippen LogP contribution in [0.15, 0.2) is 12.1 Å². The minimum absolute atomic E-state index is 0.840. The number of nitrogens with zero attached hydrogens (tertiary/aromatic N) is 1. The van der Waals surface area contributed by atoms with Gasteiger partial charge in [0.25, 0.3) is 0 Å². The van der Waals surface area contributed by atoms with Crippen LogP contribution in [-0.4, -0.2) is 22.8 Å². The van der Waals surface area contributed by atoms with Crippen LogP contribution in [0.4, 0.5) is 0 Å². The number of benzene rings is 1. The molecule has 2 heteroatoms. The number of aryl methyl sites for hydroxylation is 3. The van der Waals surface area contributed by atoms with Crippen LogP contribution < -0.4 is 0 Å². The molecular weight excluding hydrogens is 274 g/mol. The van der Waals surface area contributed by atoms with Crippen LogP contribution in [-0.2, 0) is 6.54 Å². The third-order valence-electron chi connectivity index (χ3n) is 3.64. The first-order valence-corrected chi connectivity index (χ1v) is 7.60. The fourth-order valence-electron chi connectivity index (χ4n) is 2.60. The lowest BCUT2D eigenvalue weighted by molar-refractivity contribution is 0.271. The standard InChI is InChI=1S/C15H22BrN/c1-11-8-12(2)15(13(3)9-11)10-17(7-6-16)14-4-5-14/h8-9,14H,4-7,10H2,1-3H3. The minimum atomic E-state index is 0.840. The Morgan fingerprint density at radius 3 is 2.24 bits per heavy atom. The summed E-state index contributed by atoms with van der Waals surface area (Å²) in [5.41, 5.74) is 5.80. The molecule has 1 aliphatic carbocycles. The van der Waals surface area contributed by atoms with Crippen molar-refractivity contribution in [2.75, 3.05) is 11.9 Å². The number of hydrogen-bond acceptors (Lipinski definition) is 1. The molecule has 0 aliphatic heterocycles. The van der Waals surface area contributed by atoms with Crippen molar-refractivity contribution < 1.29 is 0 Å². The number of halogens is 1. The Kier molecular flexibility index (Phi) is 4.26. The largest absolute Gasteiger partial charge is 0.295 e. The average molecular weight is 296 g/mol. The highest BCUT2D eigenvalue weighted by molar-refractivity contribution is 9.09. The first-order valence-electron chi connectivity index (χ1n) is 6.48. The van der Waals surface area contributed by atoms with E-state index in [2.05, 4.69) is 53.7 Å². The Morgan fingerprint density at radius 2 is 1.76 bits per heavy atom. The summed E-state index contributed by atoms with van der Waals surface area (Å²) in [6.07, 6.45) is 2.77. The highest BCUT2D eigenvalue weighted by atomic mass is 79.9. The Labute approximate surface area is 113 Å². The van der Waals surface area contributed by atoms with Gasteiger partial charge in [0.05, 0.1) is 0 Å². The zero-order chi connectivity index (χ0) is 12.4. The molecule has 0 amide bonds. The summed E-state index contributed by atoms with van der Waals surface area (Å²) < 4.78 is 0. The third-order valence-corrected chi connectivity index (χ3v) is 3.99. The SMILES string of the molecule is Cc1cc(C)c(CN(CCBr)C2CC2)c(C)c1. The van der Waals surface area contributed by atoms with Gasteiger partial charge in [-0.1, -0.05) is 33.6 Å². The van der Waals surface area contributed by atoms with Crippen molar-refractivity contribution in [2.45, 2.75) is 46.2 Å². The van der Waals surface area contributed by atoms with Gasteiger partial charge < -0.3 is 0 Å². The summed E-state index contributed by atoms with van der Waals surface area (Å²) in [6.45, 7) is 8.95. The first kappa shape index (κ1) is 13.1. The lowest BCUT2D eigenvalue weighted by Crippen LogP contribution is -2.28. The van der Waals surface area contributed by atoms with Gasteiger partial charge in [0.15, 0.2) is 0 Å². The second kappa shape index (κ2) is 5.53. The lowest BCUT2D eigenvalue weighted by atomic mass is 9.99. The van der Waals surface area contributed by atoms with Crippen LogP contribution in [0, 0.1) is 20.8 Å². The molecule has 0 radical (unpaired) electrons. The van der Waals surface area contributed by atoms with Gasteiger partial charge in [-0.3, -0.25) is 4.90 Å². The molecule has 0 saturated heterocycles. The first-order chi connectivity index (χ1) is 8.11. The van der Waals surface area contributed by atoms with E-state index >= 15 is 0 Å². The Balaban J connectivity index is 2.16. The van der Waals surface area contributed by atoms with Crippen LogP contribution in [0.1, 0.15) is 35.1 Å². The quantitative estimate of drug-likeness (QED) is 0.743. The molecule has 1 nitrogen and oxygen atoms in total. The molecule has 2 rings (SSSR count). The van der Waals surface area contributed by atoms with Crippen molar-refractivity contribution in [3.63, 3.8) is 0 Å². The minimum Gasteiger partial charge on any atom is -0.295 e. The zero-order valence-electron chi connectivity index (χ0n) is 11.1. The molecule has 1 fully saturated rings. The zero-order valence-corrected chi connectivity index (χ0v) is 12.7. The molecule has 94 valence electrons. The van der Waals surface area contributed by atoms with Crippen LogP contribution in [0.3, 0.4) is 0 Å². The van der Waals surface area contributed by atoms with Gasteiger partial charge in [0.2, 0.25) is 0 Å². The topological polar surface area (TPSA) is 3.24 Å². The van der Waals surface area contributed by atoms with Crippen molar-refractivity contribution in [3.8, 4) is 0 Å². The summed E-state index contributed by atoms with van der Waals surface area (Å²) in [4.78, 5) is 2.62. The summed E-state index contributed by atoms with van der Waals surface area (Å²) >= 11 is 3.57. The molecule has 1 aromatic carbocycles. The normalized spacial score (nSPS) is 15.6. The van der Waals surface area contributed by atoms with Crippen LogP contribution in [0.2, 0.25) is 0 Å². The van der Waals surface area contributed by atoms with E-state index in [0.29, 0.717) is 0 Å². The maximum absolute atomic E-state index is 3.57. The second-order valence-corrected chi connectivity index (χ2v) is 6.06. The summed E-state index contributed by atoms with van der Waals surface area (Å²) in [7, 11) is 0. The predicted octanol–water partition coefficient (Wildman–Crippen LogP) is 3.97. The molecule has 0 aromatic heterocycles. The summed E-state index contributed by atoms with van der Waals surface area (Å²) in [5, 5.41) is 1.08. The maximum atomic E-state index is 3.57. The van der Waals surface area contributed by atoms with Crippen molar-refractivity contribution in [2.24, 2.45) is 0 Å². The molecule has 17 heavy (non-hydrogen) atoms. The van der Waals surface area contributed by atoms with E-state index in [1.165, 1.54) is 35.1 Å². The van der Waals surface area contributed by atoms with Crippen molar-refractivity contribution in [3.05, 3.63) is 34.4 Å². The molecule has 0 spiro atoms. The molecule has 0 bridgehead atoms. The van der Waals surface area contributed by atoms with Crippen molar-refractivity contribution in [1.82, 2.24) is 4.90 Å². The number of hydrogen-bond donors (Lipinski definition) is 0. The fourth-order valence-corrected chi connectivity index (χ4v) is 3.06. The van der Waals surface area contributed by atoms with Crippen LogP contribution in [0.25, 0.3) is 0 Å². The molecule has 1 aromatic rings. The van der Waals surface area contributed by atoms with Gasteiger partial charge in [0, 0.05) is 24.5 Å². The van der Waals surface area contributed by atoms with E-state index in [-0.39, 0.29) is 0 Å². The van der Waals surface area contributed by atoms with Gasteiger partial charge >= 0.3 is 0 Å². The van der Waals surface area contributed by atoms with Crippen LogP contribution in [0.5, 0.6) is 0 Å². The van der Waals surface area contributed by atoms with E-state index in [1.54, 1.807) is 0 Å². The second-order valence-electron chi connectivity index (χ2n) is 5.27. The summed E-state index contributed by atoms with van der Waals surface area (Å²) in [5.74, 6) is 0. The van der Waals surface area contributed by atoms with Gasteiger partial charge in [-0.15, -0.1) is 0 Å². The predicted molar refractivity (Wildman–Crippen MR) is 77.9 cm³/mol. The highest BCUT2D eigenvalue weighted by Gasteiger charge is 2.28. The maximum Gasteiger partial charge on any atom is 0.0242 e. The van der Waals surface area contributed by atoms with Gasteiger partial charge in [-0.2, -0.15) is 0 Å². The van der Waals surface area contributed by atoms with E-state index in [9.17, 15) is 0 Å². The fraction of sp³-hybridized carbons (Fsp3) is 0.600.